The molecule has 0 fully saturated rings. The Bertz CT molecular complexity index is 482. The molecular formula is C16H19NO2. The van der Waals surface area contributed by atoms with Crippen molar-refractivity contribution >= 4 is 0 Å². The fourth-order valence-corrected chi connectivity index (χ4v) is 1.85. The van der Waals surface area contributed by atoms with Crippen LogP contribution in [0.2, 0.25) is 0 Å². The number of aromatic nitrogens is 1. The second-order valence-electron chi connectivity index (χ2n) is 4.45. The van der Waals surface area contributed by atoms with Gasteiger partial charge in [0.05, 0.1) is 12.7 Å². The second kappa shape index (κ2) is 6.90. The van der Waals surface area contributed by atoms with Crippen LogP contribution in [0.4, 0.5) is 0 Å². The standard InChI is InChI=1S/C16H19NO2/c1-2-16(18)14-5-7-15(8-6-14)19-11-9-13-4-3-10-17-12-13/h3-8,10,12,16,18H,2,9,11H2,1H3/t16-/m1/s1. The van der Waals surface area contributed by atoms with Crippen LogP contribution in [0, 0.1) is 0 Å². The predicted molar refractivity (Wildman–Crippen MR) is 75.1 cm³/mol. The van der Waals surface area contributed by atoms with Crippen LogP contribution in [-0.4, -0.2) is 16.7 Å². The van der Waals surface area contributed by atoms with Gasteiger partial charge in [-0.1, -0.05) is 25.1 Å². The highest BCUT2D eigenvalue weighted by Gasteiger charge is 2.04. The molecule has 1 N–H and O–H groups in total. The highest BCUT2D eigenvalue weighted by atomic mass is 16.5. The molecule has 0 radical (unpaired) electrons. The van der Waals surface area contributed by atoms with Crippen LogP contribution in [0.25, 0.3) is 0 Å². The largest absolute Gasteiger partial charge is 0.493 e. The lowest BCUT2D eigenvalue weighted by Gasteiger charge is -2.10. The molecule has 1 heterocycles. The van der Waals surface area contributed by atoms with E-state index >= 15 is 0 Å². The molecule has 0 aliphatic heterocycles. The summed E-state index contributed by atoms with van der Waals surface area (Å²) in [5.74, 6) is 0.830. The van der Waals surface area contributed by atoms with Gasteiger partial charge in [0, 0.05) is 18.8 Å². The predicted octanol–water partition coefficient (Wildman–Crippen LogP) is 3.15. The molecule has 1 aromatic carbocycles. The molecule has 0 saturated carbocycles. The lowest BCUT2D eigenvalue weighted by Crippen LogP contribution is -2.02. The van der Waals surface area contributed by atoms with Crippen LogP contribution in [0.3, 0.4) is 0 Å². The van der Waals surface area contributed by atoms with Crippen molar-refractivity contribution in [1.82, 2.24) is 4.98 Å². The Kier molecular flexibility index (Phi) is 4.93. The van der Waals surface area contributed by atoms with E-state index in [4.69, 9.17) is 4.74 Å². The lowest BCUT2D eigenvalue weighted by atomic mass is 10.1. The molecule has 1 atom stereocenters. The normalized spacial score (nSPS) is 12.1. The van der Waals surface area contributed by atoms with Crippen LogP contribution in [0.15, 0.2) is 48.8 Å². The third-order valence-electron chi connectivity index (χ3n) is 3.03. The van der Waals surface area contributed by atoms with Gasteiger partial charge in [-0.3, -0.25) is 4.98 Å². The number of rotatable bonds is 6. The number of aliphatic hydroxyl groups is 1. The maximum atomic E-state index is 9.70. The van der Waals surface area contributed by atoms with E-state index in [1.165, 1.54) is 5.56 Å². The van der Waals surface area contributed by atoms with E-state index in [0.29, 0.717) is 6.61 Å². The van der Waals surface area contributed by atoms with Gasteiger partial charge >= 0.3 is 0 Å². The first kappa shape index (κ1) is 13.6. The van der Waals surface area contributed by atoms with Gasteiger partial charge in [0.1, 0.15) is 5.75 Å². The Morgan fingerprint density at radius 1 is 1.21 bits per heavy atom. The molecule has 0 unspecified atom stereocenters. The summed E-state index contributed by atoms with van der Waals surface area (Å²) >= 11 is 0. The Balaban J connectivity index is 1.83. The third-order valence-corrected chi connectivity index (χ3v) is 3.03. The van der Waals surface area contributed by atoms with Gasteiger partial charge in [-0.15, -0.1) is 0 Å². The number of ether oxygens (including phenoxy) is 1. The Hall–Kier alpha value is -1.87. The first-order valence-corrected chi connectivity index (χ1v) is 6.59. The van der Waals surface area contributed by atoms with E-state index in [1.54, 1.807) is 6.20 Å². The van der Waals surface area contributed by atoms with E-state index in [1.807, 2.05) is 49.5 Å². The van der Waals surface area contributed by atoms with Gasteiger partial charge in [0.25, 0.3) is 0 Å². The number of nitrogens with zero attached hydrogens (tertiary/aromatic N) is 1. The molecule has 3 heteroatoms. The highest BCUT2D eigenvalue weighted by Crippen LogP contribution is 2.19. The Morgan fingerprint density at radius 3 is 2.63 bits per heavy atom. The summed E-state index contributed by atoms with van der Waals surface area (Å²) in [6.07, 6.45) is 4.80. The molecule has 0 spiro atoms. The highest BCUT2D eigenvalue weighted by molar-refractivity contribution is 5.28. The molecular weight excluding hydrogens is 238 g/mol. The first-order chi connectivity index (χ1) is 9.29. The van der Waals surface area contributed by atoms with Gasteiger partial charge in [0.2, 0.25) is 0 Å². The van der Waals surface area contributed by atoms with Crippen LogP contribution < -0.4 is 4.74 Å². The van der Waals surface area contributed by atoms with Crippen LogP contribution in [0.1, 0.15) is 30.6 Å². The van der Waals surface area contributed by atoms with Crippen molar-refractivity contribution in [3.05, 3.63) is 59.9 Å². The Labute approximate surface area is 113 Å². The molecule has 0 bridgehead atoms. The number of aliphatic hydroxyl groups excluding tert-OH is 1. The van der Waals surface area contributed by atoms with Gasteiger partial charge in [-0.2, -0.15) is 0 Å². The Morgan fingerprint density at radius 2 is 2.00 bits per heavy atom. The monoisotopic (exact) mass is 257 g/mol. The van der Waals surface area contributed by atoms with Crippen molar-refractivity contribution in [2.24, 2.45) is 0 Å². The van der Waals surface area contributed by atoms with Crippen LogP contribution >= 0.6 is 0 Å². The molecule has 0 aliphatic carbocycles. The molecule has 2 aromatic rings. The average Bonchev–Trinajstić information content (AvgIpc) is 2.48. The van der Waals surface area contributed by atoms with E-state index in [2.05, 4.69) is 4.98 Å². The van der Waals surface area contributed by atoms with Crippen LogP contribution in [0.5, 0.6) is 5.75 Å². The quantitative estimate of drug-likeness (QED) is 0.864. The van der Waals surface area contributed by atoms with E-state index in [-0.39, 0.29) is 6.10 Å². The summed E-state index contributed by atoms with van der Waals surface area (Å²) in [4.78, 5) is 4.07. The molecule has 100 valence electrons. The number of hydrogen-bond acceptors (Lipinski definition) is 3. The SMILES string of the molecule is CC[C@@H](O)c1ccc(OCCc2cccnc2)cc1. The van der Waals surface area contributed by atoms with Crippen molar-refractivity contribution in [3.63, 3.8) is 0 Å². The number of hydrogen-bond donors (Lipinski definition) is 1. The average molecular weight is 257 g/mol. The van der Waals surface area contributed by atoms with E-state index in [0.717, 1.165) is 24.2 Å². The zero-order valence-electron chi connectivity index (χ0n) is 11.1. The minimum atomic E-state index is -0.385. The first-order valence-electron chi connectivity index (χ1n) is 6.59. The summed E-state index contributed by atoms with van der Waals surface area (Å²) in [5.41, 5.74) is 2.10. The van der Waals surface area contributed by atoms with Gasteiger partial charge in [0.15, 0.2) is 0 Å². The van der Waals surface area contributed by atoms with Crippen molar-refractivity contribution in [2.75, 3.05) is 6.61 Å². The van der Waals surface area contributed by atoms with Gasteiger partial charge in [-0.05, 0) is 35.7 Å². The third kappa shape index (κ3) is 4.07. The molecule has 3 nitrogen and oxygen atoms in total. The fraction of sp³-hybridized carbons (Fsp3) is 0.312. The number of benzene rings is 1. The van der Waals surface area contributed by atoms with Crippen molar-refractivity contribution in [3.8, 4) is 5.75 Å². The van der Waals surface area contributed by atoms with E-state index < -0.39 is 0 Å². The lowest BCUT2D eigenvalue weighted by molar-refractivity contribution is 0.173. The molecule has 0 saturated heterocycles. The smallest absolute Gasteiger partial charge is 0.119 e. The van der Waals surface area contributed by atoms with Gasteiger partial charge in [-0.25, -0.2) is 0 Å². The second-order valence-corrected chi connectivity index (χ2v) is 4.45. The summed E-state index contributed by atoms with van der Waals surface area (Å²) in [5, 5.41) is 9.70. The van der Waals surface area contributed by atoms with Crippen molar-refractivity contribution in [1.29, 1.82) is 0 Å². The van der Waals surface area contributed by atoms with Crippen LogP contribution in [-0.2, 0) is 6.42 Å². The molecule has 19 heavy (non-hydrogen) atoms. The summed E-state index contributed by atoms with van der Waals surface area (Å²) in [6.45, 7) is 2.59. The van der Waals surface area contributed by atoms with Crippen molar-refractivity contribution < 1.29 is 9.84 Å². The molecule has 0 aliphatic rings. The maximum absolute atomic E-state index is 9.70. The van der Waals surface area contributed by atoms with Gasteiger partial charge < -0.3 is 9.84 Å². The molecule has 1 aromatic heterocycles. The summed E-state index contributed by atoms with van der Waals surface area (Å²) < 4.78 is 5.67. The fourth-order valence-electron chi connectivity index (χ4n) is 1.85. The number of pyridine rings is 1. The summed E-state index contributed by atoms with van der Waals surface area (Å²) in [7, 11) is 0. The zero-order chi connectivity index (χ0) is 13.5. The molecule has 2 rings (SSSR count). The minimum Gasteiger partial charge on any atom is -0.493 e. The summed E-state index contributed by atoms with van der Waals surface area (Å²) in [6, 6.07) is 11.6. The van der Waals surface area contributed by atoms with E-state index in [9.17, 15) is 5.11 Å². The maximum Gasteiger partial charge on any atom is 0.119 e. The van der Waals surface area contributed by atoms with Crippen molar-refractivity contribution in [2.45, 2.75) is 25.9 Å². The topological polar surface area (TPSA) is 42.4 Å². The zero-order valence-corrected chi connectivity index (χ0v) is 11.1. The minimum absolute atomic E-state index is 0.385. The molecule has 0 amide bonds.